The number of hydrogen-bond donors (Lipinski definition) is 2. The summed E-state index contributed by atoms with van der Waals surface area (Å²) >= 11 is 0. The average Bonchev–Trinajstić information content (AvgIpc) is 2.67. The first-order valence-corrected chi connectivity index (χ1v) is 8.95. The Morgan fingerprint density at radius 3 is 2.69 bits per heavy atom. The second kappa shape index (κ2) is 7.99. The minimum atomic E-state index is -0.172. The molecule has 26 heavy (non-hydrogen) atoms. The molecule has 1 aliphatic heterocycles. The third-order valence-electron chi connectivity index (χ3n) is 4.69. The molecule has 1 aromatic heterocycles. The molecule has 6 nitrogen and oxygen atoms in total. The highest BCUT2D eigenvalue weighted by Gasteiger charge is 2.21. The van der Waals surface area contributed by atoms with Crippen LogP contribution in [0.25, 0.3) is 0 Å². The number of carbonyl (C=O) groups is 2. The smallest absolute Gasteiger partial charge is 0.317 e. The Balaban J connectivity index is 1.69. The fourth-order valence-electron chi connectivity index (χ4n) is 2.92. The van der Waals surface area contributed by atoms with Crippen LogP contribution in [0.15, 0.2) is 42.7 Å². The third kappa shape index (κ3) is 4.20. The van der Waals surface area contributed by atoms with E-state index < -0.39 is 0 Å². The Labute approximate surface area is 153 Å². The summed E-state index contributed by atoms with van der Waals surface area (Å²) in [5.41, 5.74) is 3.59. The summed E-state index contributed by atoms with van der Waals surface area (Å²) in [5.74, 6) is -0.172. The van der Waals surface area contributed by atoms with Crippen LogP contribution in [0.5, 0.6) is 0 Å². The van der Waals surface area contributed by atoms with E-state index in [2.05, 4.69) is 15.6 Å². The summed E-state index contributed by atoms with van der Waals surface area (Å²) in [5, 5.41) is 5.92. The van der Waals surface area contributed by atoms with E-state index in [1.165, 1.54) is 5.56 Å². The zero-order valence-electron chi connectivity index (χ0n) is 15.2. The maximum absolute atomic E-state index is 12.4. The Morgan fingerprint density at radius 2 is 1.96 bits per heavy atom. The first-order valence-electron chi connectivity index (χ1n) is 8.95. The van der Waals surface area contributed by atoms with Crippen molar-refractivity contribution in [2.45, 2.75) is 39.3 Å². The number of pyridine rings is 1. The van der Waals surface area contributed by atoms with Crippen LogP contribution < -0.4 is 10.6 Å². The van der Waals surface area contributed by atoms with Gasteiger partial charge in [-0.05, 0) is 55.2 Å². The van der Waals surface area contributed by atoms with E-state index in [0.717, 1.165) is 24.1 Å². The lowest BCUT2D eigenvalue weighted by molar-refractivity contribution is 0.102. The molecule has 0 saturated carbocycles. The number of nitrogens with one attached hydrogen (secondary N) is 2. The normalized spacial score (nSPS) is 14.3. The second-order valence-electron chi connectivity index (χ2n) is 6.60. The lowest BCUT2D eigenvalue weighted by Crippen LogP contribution is -2.45. The number of anilines is 1. The van der Waals surface area contributed by atoms with Gasteiger partial charge in [0.05, 0.1) is 0 Å². The van der Waals surface area contributed by atoms with Crippen molar-refractivity contribution in [3.63, 3.8) is 0 Å². The van der Waals surface area contributed by atoms with Gasteiger partial charge in [-0.15, -0.1) is 0 Å². The topological polar surface area (TPSA) is 74.3 Å². The van der Waals surface area contributed by atoms with Crippen LogP contribution in [0, 0.1) is 0 Å². The number of amides is 3. The molecule has 1 atom stereocenters. The van der Waals surface area contributed by atoms with E-state index in [1.54, 1.807) is 24.5 Å². The molecule has 3 rings (SSSR count). The van der Waals surface area contributed by atoms with Crippen molar-refractivity contribution in [3.05, 3.63) is 59.4 Å². The zero-order valence-corrected chi connectivity index (χ0v) is 15.2. The molecule has 2 aromatic rings. The maximum Gasteiger partial charge on any atom is 0.317 e. The van der Waals surface area contributed by atoms with Crippen molar-refractivity contribution in [3.8, 4) is 0 Å². The summed E-state index contributed by atoms with van der Waals surface area (Å²) in [6, 6.07) is 9.38. The zero-order chi connectivity index (χ0) is 18.5. The predicted octanol–water partition coefficient (Wildman–Crippen LogP) is 3.20. The minimum Gasteiger partial charge on any atom is -0.336 e. The van der Waals surface area contributed by atoms with Crippen LogP contribution in [-0.2, 0) is 13.0 Å². The van der Waals surface area contributed by atoms with Crippen LogP contribution in [0.4, 0.5) is 10.5 Å². The van der Waals surface area contributed by atoms with E-state index in [4.69, 9.17) is 0 Å². The number of benzene rings is 1. The van der Waals surface area contributed by atoms with Gasteiger partial charge in [-0.25, -0.2) is 4.79 Å². The van der Waals surface area contributed by atoms with Gasteiger partial charge in [-0.3, -0.25) is 9.78 Å². The van der Waals surface area contributed by atoms with Crippen LogP contribution in [0.2, 0.25) is 0 Å². The largest absolute Gasteiger partial charge is 0.336 e. The Kier molecular flexibility index (Phi) is 5.51. The predicted molar refractivity (Wildman–Crippen MR) is 101 cm³/mol. The molecule has 0 radical (unpaired) electrons. The fraction of sp³-hybridized carbons (Fsp3) is 0.350. The molecule has 0 spiro atoms. The monoisotopic (exact) mass is 352 g/mol. The molecular formula is C20H24N4O2. The van der Waals surface area contributed by atoms with Gasteiger partial charge in [0.15, 0.2) is 0 Å². The van der Waals surface area contributed by atoms with Gasteiger partial charge in [0.1, 0.15) is 0 Å². The van der Waals surface area contributed by atoms with Crippen molar-refractivity contribution in [2.75, 3.05) is 11.9 Å². The third-order valence-corrected chi connectivity index (χ3v) is 4.69. The molecule has 2 N–H and O–H groups in total. The quantitative estimate of drug-likeness (QED) is 0.887. The van der Waals surface area contributed by atoms with Crippen molar-refractivity contribution in [1.29, 1.82) is 0 Å². The molecule has 0 fully saturated rings. The number of hydrogen-bond acceptors (Lipinski definition) is 3. The summed E-state index contributed by atoms with van der Waals surface area (Å²) in [6.45, 7) is 5.31. The standard InChI is InChI=1S/C20H24N4O2/c1-3-14(2)22-20(26)24-11-8-15-4-5-18(12-17(15)13-24)23-19(25)16-6-9-21-10-7-16/h4-7,9-10,12,14H,3,8,11,13H2,1-2H3,(H,22,26)(H,23,25). The number of carbonyl (C=O) groups excluding carboxylic acids is 2. The van der Waals surface area contributed by atoms with Crippen molar-refractivity contribution in [1.82, 2.24) is 15.2 Å². The lowest BCUT2D eigenvalue weighted by atomic mass is 9.99. The van der Waals surface area contributed by atoms with Gasteiger partial charge >= 0.3 is 6.03 Å². The summed E-state index contributed by atoms with van der Waals surface area (Å²) in [4.78, 5) is 30.4. The Hall–Kier alpha value is -2.89. The highest BCUT2D eigenvalue weighted by molar-refractivity contribution is 6.04. The van der Waals surface area contributed by atoms with Gasteiger partial charge in [0, 0.05) is 42.8 Å². The molecule has 1 aromatic carbocycles. The van der Waals surface area contributed by atoms with Gasteiger partial charge in [-0.2, -0.15) is 0 Å². The summed E-state index contributed by atoms with van der Waals surface area (Å²) in [7, 11) is 0. The second-order valence-corrected chi connectivity index (χ2v) is 6.60. The molecule has 0 aliphatic carbocycles. The SMILES string of the molecule is CCC(C)NC(=O)N1CCc2ccc(NC(=O)c3ccncc3)cc2C1. The van der Waals surface area contributed by atoms with E-state index in [0.29, 0.717) is 18.7 Å². The lowest BCUT2D eigenvalue weighted by Gasteiger charge is -2.30. The first-order chi connectivity index (χ1) is 12.6. The fourth-order valence-corrected chi connectivity index (χ4v) is 2.92. The van der Waals surface area contributed by atoms with Gasteiger partial charge in [0.2, 0.25) is 0 Å². The Bertz CT molecular complexity index is 792. The molecule has 0 bridgehead atoms. The minimum absolute atomic E-state index is 0.0313. The van der Waals surface area contributed by atoms with Crippen molar-refractivity contribution < 1.29 is 9.59 Å². The van der Waals surface area contributed by atoms with Gasteiger partial charge < -0.3 is 15.5 Å². The molecule has 1 unspecified atom stereocenters. The van der Waals surface area contributed by atoms with Crippen LogP contribution >= 0.6 is 0 Å². The first kappa shape index (κ1) is 17.9. The van der Waals surface area contributed by atoms with E-state index >= 15 is 0 Å². The number of aromatic nitrogens is 1. The van der Waals surface area contributed by atoms with E-state index in [-0.39, 0.29) is 18.0 Å². The van der Waals surface area contributed by atoms with Crippen LogP contribution in [0.1, 0.15) is 41.8 Å². The molecule has 1 aliphatic rings. The van der Waals surface area contributed by atoms with E-state index in [1.807, 2.05) is 36.9 Å². The average molecular weight is 352 g/mol. The number of fused-ring (bicyclic) bond motifs is 1. The molecule has 0 saturated heterocycles. The van der Waals surface area contributed by atoms with Gasteiger partial charge in [0.25, 0.3) is 5.91 Å². The molecule has 136 valence electrons. The molecule has 6 heteroatoms. The number of nitrogens with zero attached hydrogens (tertiary/aromatic N) is 2. The van der Waals surface area contributed by atoms with Gasteiger partial charge in [-0.1, -0.05) is 13.0 Å². The molecule has 3 amide bonds. The molecular weight excluding hydrogens is 328 g/mol. The summed E-state index contributed by atoms with van der Waals surface area (Å²) in [6.07, 6.45) is 4.91. The highest BCUT2D eigenvalue weighted by atomic mass is 16.2. The molecule has 2 heterocycles. The van der Waals surface area contributed by atoms with Crippen molar-refractivity contribution in [2.24, 2.45) is 0 Å². The summed E-state index contributed by atoms with van der Waals surface area (Å²) < 4.78 is 0. The number of urea groups is 1. The van der Waals surface area contributed by atoms with Crippen LogP contribution in [-0.4, -0.2) is 34.4 Å². The highest BCUT2D eigenvalue weighted by Crippen LogP contribution is 2.23. The van der Waals surface area contributed by atoms with E-state index in [9.17, 15) is 9.59 Å². The Morgan fingerprint density at radius 1 is 1.19 bits per heavy atom. The number of rotatable bonds is 4. The van der Waals surface area contributed by atoms with Crippen LogP contribution in [0.3, 0.4) is 0 Å². The maximum atomic E-state index is 12.4. The van der Waals surface area contributed by atoms with Crippen molar-refractivity contribution >= 4 is 17.6 Å².